The van der Waals surface area contributed by atoms with Crippen LogP contribution in [0.15, 0.2) is 0 Å². The Morgan fingerprint density at radius 1 is 1.75 bits per heavy atom. The average molecular weight is 115 g/mol. The summed E-state index contributed by atoms with van der Waals surface area (Å²) in [6, 6.07) is 1.10. The molecule has 0 aliphatic carbocycles. The monoisotopic (exact) mass is 115 g/mol. The number of primary amides is 2. The van der Waals surface area contributed by atoms with Crippen LogP contribution in [0.3, 0.4) is 0 Å². The van der Waals surface area contributed by atoms with E-state index >= 15 is 0 Å². The molecule has 0 radical (unpaired) electrons. The van der Waals surface area contributed by atoms with Gasteiger partial charge in [-0.2, -0.15) is 5.26 Å². The van der Waals surface area contributed by atoms with Crippen LogP contribution in [-0.2, 0) is 0 Å². The van der Waals surface area contributed by atoms with Gasteiger partial charge in [0.05, 0.1) is 6.07 Å². The lowest BCUT2D eigenvalue weighted by Crippen LogP contribution is -2.18. The number of rotatable bonds is 0. The van der Waals surface area contributed by atoms with Crippen LogP contribution < -0.4 is 11.5 Å². The minimum atomic E-state index is -0.833. The summed E-state index contributed by atoms with van der Waals surface area (Å²) in [6.07, 6.45) is 0.625. The highest BCUT2D eigenvalue weighted by molar-refractivity contribution is 5.69. The Labute approximate surface area is 48.1 Å². The zero-order valence-electron chi connectivity index (χ0n) is 4.72. The largest absolute Gasteiger partial charge is 0.352 e. The topological polar surface area (TPSA) is 92.9 Å². The van der Waals surface area contributed by atoms with E-state index in [1.807, 2.05) is 13.0 Å². The Morgan fingerprint density at radius 2 is 1.88 bits per heavy atom. The van der Waals surface area contributed by atoms with Crippen LogP contribution in [0.1, 0.15) is 13.3 Å². The number of amides is 2. The van der Waals surface area contributed by atoms with Crippen LogP contribution in [0.2, 0.25) is 0 Å². The highest BCUT2D eigenvalue weighted by atomic mass is 16.2. The molecule has 0 bridgehead atoms. The molecule has 0 aliphatic heterocycles. The van der Waals surface area contributed by atoms with Crippen molar-refractivity contribution in [1.29, 1.82) is 5.26 Å². The van der Waals surface area contributed by atoms with Crippen molar-refractivity contribution in [3.63, 3.8) is 0 Å². The minimum Gasteiger partial charge on any atom is -0.352 e. The zero-order valence-corrected chi connectivity index (χ0v) is 4.72. The fourth-order valence-corrected chi connectivity index (χ4v) is 0. The molecule has 0 spiro atoms. The fourth-order valence-electron chi connectivity index (χ4n) is 0. The summed E-state index contributed by atoms with van der Waals surface area (Å²) in [5, 5.41) is 7.62. The predicted molar refractivity (Wildman–Crippen MR) is 29.7 cm³/mol. The number of carbonyl (C=O) groups excluding carboxylic acids is 1. The lowest BCUT2D eigenvalue weighted by molar-refractivity contribution is 0.256. The average Bonchev–Trinajstić information content (AvgIpc) is 1.65. The zero-order chi connectivity index (χ0) is 6.99. The van der Waals surface area contributed by atoms with Crippen LogP contribution in [0.25, 0.3) is 0 Å². The van der Waals surface area contributed by atoms with Gasteiger partial charge in [0.2, 0.25) is 0 Å². The van der Waals surface area contributed by atoms with Crippen molar-refractivity contribution in [2.75, 3.05) is 0 Å². The molecule has 0 aliphatic rings. The molecule has 0 heterocycles. The van der Waals surface area contributed by atoms with Crippen molar-refractivity contribution in [2.24, 2.45) is 11.5 Å². The normalized spacial score (nSPS) is 5.50. The van der Waals surface area contributed by atoms with E-state index in [2.05, 4.69) is 11.5 Å². The second-order valence-corrected chi connectivity index (χ2v) is 0.914. The fraction of sp³-hybridized carbons (Fsp3) is 0.500. The Balaban J connectivity index is 0. The lowest BCUT2D eigenvalue weighted by atomic mass is 10.6. The summed E-state index contributed by atoms with van der Waals surface area (Å²) in [5.74, 6) is 0. The van der Waals surface area contributed by atoms with E-state index in [1.165, 1.54) is 0 Å². The third-order valence-corrected chi connectivity index (χ3v) is 0.158. The molecule has 4 heteroatoms. The molecule has 0 saturated heterocycles. The van der Waals surface area contributed by atoms with Gasteiger partial charge in [0.15, 0.2) is 0 Å². The molecule has 46 valence electrons. The molecule has 2 amide bonds. The highest BCUT2D eigenvalue weighted by Crippen LogP contribution is 1.58. The van der Waals surface area contributed by atoms with Crippen LogP contribution in [0.5, 0.6) is 0 Å². The number of carbonyl (C=O) groups is 1. The van der Waals surface area contributed by atoms with E-state index in [4.69, 9.17) is 10.1 Å². The van der Waals surface area contributed by atoms with Crippen molar-refractivity contribution in [1.82, 2.24) is 0 Å². The molecule has 0 saturated carbocycles. The maximum atomic E-state index is 9.00. The molecule has 4 N–H and O–H groups in total. The first kappa shape index (κ1) is 9.90. The van der Waals surface area contributed by atoms with Crippen molar-refractivity contribution in [3.05, 3.63) is 0 Å². The lowest BCUT2D eigenvalue weighted by Gasteiger charge is -1.62. The van der Waals surface area contributed by atoms with Crippen molar-refractivity contribution in [2.45, 2.75) is 13.3 Å². The maximum absolute atomic E-state index is 9.00. The molecule has 0 aromatic heterocycles. The third-order valence-electron chi connectivity index (χ3n) is 0.158. The SMILES string of the molecule is CCC#N.NC(N)=O. The summed E-state index contributed by atoms with van der Waals surface area (Å²) in [7, 11) is 0. The first-order valence-electron chi connectivity index (χ1n) is 2.07. The van der Waals surface area contributed by atoms with E-state index in [-0.39, 0.29) is 0 Å². The van der Waals surface area contributed by atoms with Gasteiger partial charge in [-0.1, -0.05) is 6.92 Å². The maximum Gasteiger partial charge on any atom is 0.309 e. The van der Waals surface area contributed by atoms with Crippen LogP contribution >= 0.6 is 0 Å². The van der Waals surface area contributed by atoms with Gasteiger partial charge >= 0.3 is 6.03 Å². The number of nitrogens with zero attached hydrogens (tertiary/aromatic N) is 1. The Bertz CT molecular complexity index is 89.9. The van der Waals surface area contributed by atoms with Gasteiger partial charge in [-0.3, -0.25) is 0 Å². The van der Waals surface area contributed by atoms with E-state index in [1.54, 1.807) is 0 Å². The van der Waals surface area contributed by atoms with Gasteiger partial charge in [0.25, 0.3) is 0 Å². The molecule has 0 aromatic rings. The molecule has 0 atom stereocenters. The number of nitriles is 1. The second-order valence-electron chi connectivity index (χ2n) is 0.914. The van der Waals surface area contributed by atoms with Gasteiger partial charge in [-0.05, 0) is 0 Å². The van der Waals surface area contributed by atoms with E-state index < -0.39 is 6.03 Å². The molecule has 8 heavy (non-hydrogen) atoms. The number of nitrogens with two attached hydrogens (primary N) is 2. The summed E-state index contributed by atoms with van der Waals surface area (Å²) >= 11 is 0. The summed E-state index contributed by atoms with van der Waals surface area (Å²) in [5.41, 5.74) is 8.50. The highest BCUT2D eigenvalue weighted by Gasteiger charge is 1.60. The van der Waals surface area contributed by atoms with E-state index in [9.17, 15) is 0 Å². The van der Waals surface area contributed by atoms with Gasteiger partial charge in [-0.15, -0.1) is 0 Å². The van der Waals surface area contributed by atoms with Crippen molar-refractivity contribution < 1.29 is 4.79 Å². The van der Waals surface area contributed by atoms with Gasteiger partial charge < -0.3 is 11.5 Å². The van der Waals surface area contributed by atoms with Crippen LogP contribution in [0.4, 0.5) is 4.79 Å². The summed E-state index contributed by atoms with van der Waals surface area (Å²) in [6.45, 7) is 1.82. The Hall–Kier alpha value is -1.24. The van der Waals surface area contributed by atoms with E-state index in [0.29, 0.717) is 6.42 Å². The van der Waals surface area contributed by atoms with Crippen LogP contribution in [-0.4, -0.2) is 6.03 Å². The standard InChI is InChI=1S/C3H5N.CH4N2O/c1-2-3-4;2-1(3)4/h2H2,1H3;(H4,2,3,4). The molecule has 0 rings (SSSR count). The predicted octanol–water partition coefficient (Wildman–Crippen LogP) is -0.0562. The molecular weight excluding hydrogens is 106 g/mol. The van der Waals surface area contributed by atoms with E-state index in [0.717, 1.165) is 0 Å². The smallest absolute Gasteiger partial charge is 0.309 e. The number of hydrogen-bond donors (Lipinski definition) is 2. The van der Waals surface area contributed by atoms with Crippen LogP contribution in [0, 0.1) is 11.3 Å². The number of hydrogen-bond acceptors (Lipinski definition) is 2. The quantitative estimate of drug-likeness (QED) is 0.463. The molecule has 4 nitrogen and oxygen atoms in total. The van der Waals surface area contributed by atoms with Gasteiger partial charge in [0.1, 0.15) is 0 Å². The molecule has 0 unspecified atom stereocenters. The number of urea groups is 1. The molecule has 0 aromatic carbocycles. The third kappa shape index (κ3) is 1170. The van der Waals surface area contributed by atoms with Crippen molar-refractivity contribution >= 4 is 6.03 Å². The first-order chi connectivity index (χ1) is 3.65. The first-order valence-corrected chi connectivity index (χ1v) is 2.07. The Kier molecular flexibility index (Phi) is 11.4. The van der Waals surface area contributed by atoms with Crippen molar-refractivity contribution in [3.8, 4) is 6.07 Å². The minimum absolute atomic E-state index is 0.625. The second kappa shape index (κ2) is 9.23. The van der Waals surface area contributed by atoms with Gasteiger partial charge in [-0.25, -0.2) is 4.79 Å². The Morgan fingerprint density at radius 3 is 1.88 bits per heavy atom. The summed E-state index contributed by atoms with van der Waals surface area (Å²) < 4.78 is 0. The molecule has 0 fully saturated rings. The summed E-state index contributed by atoms with van der Waals surface area (Å²) in [4.78, 5) is 9.00. The molecular formula is C4H9N3O. The van der Waals surface area contributed by atoms with Gasteiger partial charge in [0, 0.05) is 6.42 Å².